The summed E-state index contributed by atoms with van der Waals surface area (Å²) in [7, 11) is 5.61. The number of hydrogen-bond donors (Lipinski definition) is 10. The third kappa shape index (κ3) is 41.0. The number of cyclic esters (lactones) is 4. The largest absolute Gasteiger partial charge is 0.514 e. The van der Waals surface area contributed by atoms with Gasteiger partial charge in [-0.3, -0.25) is 58.1 Å². The van der Waals surface area contributed by atoms with Crippen LogP contribution in [0, 0.1) is 45.6 Å². The summed E-state index contributed by atoms with van der Waals surface area (Å²) in [5.74, 6) is -13.1. The van der Waals surface area contributed by atoms with E-state index in [1.165, 1.54) is 104 Å². The molecule has 18 atom stereocenters. The number of likely N-dealkylation sites (N-methyl/N-ethyl adjacent to an activating group) is 4. The lowest BCUT2D eigenvalue weighted by Gasteiger charge is -2.33. The third-order valence-corrected chi connectivity index (χ3v) is 23.9. The number of ether oxygens (including phenoxy) is 7. The van der Waals surface area contributed by atoms with Gasteiger partial charge in [0, 0.05) is 102 Å². The van der Waals surface area contributed by atoms with Gasteiger partial charge in [-0.15, -0.1) is 0 Å². The van der Waals surface area contributed by atoms with Crippen LogP contribution in [0.2, 0.25) is 0 Å². The van der Waals surface area contributed by atoms with Crippen molar-refractivity contribution in [3.05, 3.63) is 153 Å². The van der Waals surface area contributed by atoms with Crippen molar-refractivity contribution >= 4 is 101 Å². The van der Waals surface area contributed by atoms with Crippen LogP contribution >= 0.6 is 0 Å². The summed E-state index contributed by atoms with van der Waals surface area (Å²) in [5.41, 5.74) is 7.12. The molecule has 784 valence electrons. The van der Waals surface area contributed by atoms with E-state index in [-0.39, 0.29) is 100 Å². The second kappa shape index (κ2) is 62.2. The smallest absolute Gasteiger partial charge is 0.456 e. The van der Waals surface area contributed by atoms with Gasteiger partial charge in [0.05, 0.1) is 31.2 Å². The van der Waals surface area contributed by atoms with Crippen LogP contribution in [0.1, 0.15) is 196 Å². The number of nitrogens with one attached hydrogen (secondary N) is 7. The highest BCUT2D eigenvalue weighted by Crippen LogP contribution is 2.30. The zero-order chi connectivity index (χ0) is 106. The Kier molecular flexibility index (Phi) is 54.8. The molecule has 0 saturated carbocycles. The van der Waals surface area contributed by atoms with Gasteiger partial charge >= 0.3 is 36.1 Å². The van der Waals surface area contributed by atoms with Crippen molar-refractivity contribution in [2.45, 2.75) is 282 Å². The van der Waals surface area contributed by atoms with Crippen LogP contribution < -0.4 is 47.7 Å². The molecule has 5 rings (SSSR count). The molecule has 3 aromatic carbocycles. The first-order valence-corrected chi connectivity index (χ1v) is 47.2. The van der Waals surface area contributed by atoms with Gasteiger partial charge in [0.25, 0.3) is 17.5 Å². The summed E-state index contributed by atoms with van der Waals surface area (Å²) in [6.07, 6.45) is -1.99. The number of rotatable bonds is 21. The van der Waals surface area contributed by atoms with Gasteiger partial charge in [-0.2, -0.15) is 0 Å². The van der Waals surface area contributed by atoms with Gasteiger partial charge in [-0.1, -0.05) is 174 Å². The van der Waals surface area contributed by atoms with E-state index in [9.17, 15) is 91.9 Å². The molecule has 2 aliphatic rings. The Morgan fingerprint density at radius 3 is 1.21 bits per heavy atom. The Morgan fingerprint density at radius 1 is 0.525 bits per heavy atom. The number of carbonyl (C=O) groups is 16. The molecule has 0 aromatic heterocycles. The van der Waals surface area contributed by atoms with E-state index in [0.29, 0.717) is 36.1 Å². The summed E-state index contributed by atoms with van der Waals surface area (Å²) in [6.45, 7) is 32.1. The van der Waals surface area contributed by atoms with Crippen molar-refractivity contribution in [1.82, 2.24) is 56.8 Å². The number of nitrogens with zero attached hydrogens (tertiary/aromatic N) is 5. The Hall–Kier alpha value is -13.0. The molecule has 0 radical (unpaired) electrons. The molecule has 2 heterocycles. The molecule has 141 heavy (non-hydrogen) atoms. The highest BCUT2D eigenvalue weighted by molar-refractivity contribution is 5.99. The number of carbonyl (C=O) groups excluding carboxylic acids is 16. The molecule has 2 unspecified atom stereocenters. The van der Waals surface area contributed by atoms with Crippen molar-refractivity contribution in [2.24, 2.45) is 41.2 Å². The molecule has 11 amide bonds. The van der Waals surface area contributed by atoms with E-state index in [1.807, 2.05) is 41.5 Å². The number of allylic oxidation sites excluding steroid dienone is 2. The van der Waals surface area contributed by atoms with Gasteiger partial charge in [-0.05, 0) is 140 Å². The van der Waals surface area contributed by atoms with E-state index in [1.54, 1.807) is 128 Å². The summed E-state index contributed by atoms with van der Waals surface area (Å²) in [4.78, 5) is 236. The second-order valence-corrected chi connectivity index (χ2v) is 36.1. The lowest BCUT2D eigenvalue weighted by Crippen LogP contribution is -2.57. The number of alkyl carbamates (subject to hydrolysis) is 1. The number of benzene rings is 3. The number of nitro groups is 1. The molecule has 0 fully saturated rings. The van der Waals surface area contributed by atoms with Gasteiger partial charge in [0.2, 0.25) is 47.3 Å². The maximum absolute atomic E-state index is 14.3. The number of non-ortho nitro benzene ring substituents is 1. The normalized spacial score (nSPS) is 25.6. The number of hydrogen-bond acceptors (Lipinski definition) is 28. The van der Waals surface area contributed by atoms with Gasteiger partial charge in [0.15, 0.2) is 12.2 Å². The minimum Gasteiger partial charge on any atom is -0.456 e. The number of esters is 4. The molecule has 40 nitrogen and oxygen atoms in total. The summed E-state index contributed by atoms with van der Waals surface area (Å²) in [6, 6.07) is 13.0. The second-order valence-electron chi connectivity index (χ2n) is 36.1. The van der Waals surface area contributed by atoms with Crippen LogP contribution in [0.3, 0.4) is 0 Å². The predicted molar refractivity (Wildman–Crippen MR) is 526 cm³/mol. The van der Waals surface area contributed by atoms with Crippen LogP contribution in [0.4, 0.5) is 15.3 Å². The first-order valence-electron chi connectivity index (χ1n) is 47.2. The lowest BCUT2D eigenvalue weighted by molar-refractivity contribution is -0.384. The Balaban J connectivity index is 0.000000915. The molecule has 0 aliphatic carbocycles. The summed E-state index contributed by atoms with van der Waals surface area (Å²) >= 11 is 0. The van der Waals surface area contributed by atoms with Crippen molar-refractivity contribution in [2.75, 3.05) is 67.6 Å². The van der Waals surface area contributed by atoms with E-state index >= 15 is 0 Å². The molecular formula is C101H153N13O27. The molecule has 0 saturated heterocycles. The molecule has 0 bridgehead atoms. The quantitative estimate of drug-likeness (QED) is 0.0121. The number of aliphatic hydroxyl groups excluding tert-OH is 2. The first-order chi connectivity index (χ1) is 65.8. The van der Waals surface area contributed by atoms with Crippen LogP contribution in [0.25, 0.3) is 0 Å². The van der Waals surface area contributed by atoms with E-state index in [4.69, 9.17) is 44.0 Å². The van der Waals surface area contributed by atoms with Crippen LogP contribution in [0.15, 0.2) is 132 Å². The molecule has 11 N–H and O–H groups in total. The number of amides is 11. The maximum Gasteiger partial charge on any atom is 0.514 e. The Labute approximate surface area is 828 Å². The molecule has 0 spiro atoms. The van der Waals surface area contributed by atoms with Crippen LogP contribution in [0.5, 0.6) is 5.75 Å². The Morgan fingerprint density at radius 2 is 0.879 bits per heavy atom. The Bertz CT molecular complexity index is 4780. The van der Waals surface area contributed by atoms with Crippen LogP contribution in [-0.2, 0) is 108 Å². The standard InChI is InChI=1S/C51H70N6O14.C47H72N6O12.C2H7NO.CH4/c1-13-30(5)43-46(60)53-35(10)50(64)71-44(31(6)14-2)33(8)40(70-51(65)68-38-23-21-37(22-24-38)57(66)67)25-20-32(7)49(63)69-41(26-29(3)4)45(59)52-34(9)47(61)56(12)39(27-36-18-16-15-17-19-36)48(62)55(11)28-42(58)54-43;1-13-28(5)39-42(57)50-33(10)46(61)65-40(29(6)14-2)31(8)36(64-47(62)48-22-23-54)21-20-30(7)45(60)63-37(24-27(3)4)41(56)49-32(9)43(58)53(12)35(25-34-18-16-15-17-19-34)44(59)52(11)26-38(55)51-39;3-1-2-4;/h14-24,29-30,33-35,39-41,43-44H,13,25-28H2,1-12H3,(H,52,59)(H,53,60)(H,54,58);14-20,27-28,31-33,35-37,39-40,54H,13,21-26H2,1-12H3,(H,48,62)(H,49,56)(H,50,57)(H,51,55);4H,1-3H2;1H4/b31-14+,32-20+;29-14+,30-20+;;/t30?,33-,34-,35+,39+,40-,41+,43-,44+;28?,31-,32-,33+,35+,36-,37+,39-,40+;;/m00../s1. The zero-order valence-corrected chi connectivity index (χ0v) is 85.3. The van der Waals surface area contributed by atoms with Crippen LogP contribution in [-0.4, -0.2) is 282 Å². The van der Waals surface area contributed by atoms with Gasteiger partial charge in [-0.25, -0.2) is 28.8 Å². The number of nitro benzene ring substituents is 1. The average molecular weight is 1980 g/mol. The van der Waals surface area contributed by atoms with Crippen molar-refractivity contribution in [3.8, 4) is 5.75 Å². The molecule has 2 aliphatic heterocycles. The predicted octanol–water partition coefficient (Wildman–Crippen LogP) is 7.91. The van der Waals surface area contributed by atoms with Crippen molar-refractivity contribution < 1.29 is 125 Å². The lowest BCUT2D eigenvalue weighted by atomic mass is 9.90. The summed E-state index contributed by atoms with van der Waals surface area (Å²) < 4.78 is 40.4. The minimum absolute atomic E-state index is 0. The highest BCUT2D eigenvalue weighted by Gasteiger charge is 2.42. The fourth-order valence-corrected chi connectivity index (χ4v) is 14.6. The molecule has 3 aromatic rings. The average Bonchev–Trinajstić information content (AvgIpc) is 0.821. The fraction of sp³-hybridized carbons (Fsp3) is 0.584. The number of nitrogens with two attached hydrogens (primary N) is 1. The molecule has 40 heteroatoms. The highest BCUT2D eigenvalue weighted by atomic mass is 16.7. The zero-order valence-electron chi connectivity index (χ0n) is 85.3. The SMILES string of the molecule is C.C/C=C(\C)[C@H]1OC(=O)[C@@H](C)NC(=O)[C@H](C(C)CC)NC(=O)CN(C)C(=O)[C@@H](Cc2ccccc2)N(C)C(=O)[C@H](C)NC(=O)[C@@H](CC(C)C)OC(=O)/C(C)=C/C[C@H](OC(=O)NCCO)[C@@H]1C.C/C=C(\C)[C@H]1OC(=O)[C@@H](C)NC(=O)[C@H](C(C)CC)NC(=O)CN(C)C(=O)[C@@H](Cc2ccccc2)N(C)C(=O)[C@H](C)NC(=O)[C@@H](CC(C)C)OC(=O)/C(C)=C/C[C@H](OC(=O)Oc2ccc([N+](=O)[O-])cc2)[C@@H]1C.NCCO. The topological polar surface area (TPSA) is 545 Å². The van der Waals surface area contributed by atoms with Crippen molar-refractivity contribution in [3.63, 3.8) is 0 Å². The maximum atomic E-state index is 14.3. The fourth-order valence-electron chi connectivity index (χ4n) is 14.6. The first kappa shape index (κ1) is 124. The van der Waals surface area contributed by atoms with Gasteiger partial charge in [0.1, 0.15) is 78.5 Å². The van der Waals surface area contributed by atoms with E-state index in [0.717, 1.165) is 27.5 Å². The molecular weight excluding hydrogens is 1830 g/mol. The number of aliphatic hydroxyl groups is 2. The summed E-state index contributed by atoms with van der Waals surface area (Å²) in [5, 5.41) is 46.7. The monoisotopic (exact) mass is 1980 g/mol. The van der Waals surface area contributed by atoms with Gasteiger partial charge < -0.3 is 106 Å². The van der Waals surface area contributed by atoms with E-state index in [2.05, 4.69) is 37.2 Å². The minimum atomic E-state index is -1.37. The third-order valence-electron chi connectivity index (χ3n) is 23.9. The van der Waals surface area contributed by atoms with Crippen molar-refractivity contribution in [1.29, 1.82) is 0 Å². The van der Waals surface area contributed by atoms with E-state index < -0.39 is 222 Å².